The van der Waals surface area contributed by atoms with Crippen molar-refractivity contribution in [2.75, 3.05) is 4.90 Å². The Kier molecular flexibility index (Phi) is 7.03. The average molecular weight is 658 g/mol. The largest absolute Gasteiger partial charge is 0.310 e. The van der Waals surface area contributed by atoms with E-state index in [0.717, 1.165) is 11.4 Å². The Hall–Kier alpha value is -5.66. The highest BCUT2D eigenvalue weighted by Gasteiger charge is 2.28. The molecule has 0 N–H and O–H groups in total. The van der Waals surface area contributed by atoms with E-state index >= 15 is 0 Å². The Morgan fingerprint density at radius 3 is 1.57 bits per heavy atom. The molecular formula is C50H43N. The Morgan fingerprint density at radius 2 is 0.922 bits per heavy atom. The molecule has 0 unspecified atom stereocenters. The number of fused-ring (bicyclic) bond motifs is 7. The third kappa shape index (κ3) is 5.31. The second kappa shape index (κ2) is 11.4. The molecule has 0 heterocycles. The highest BCUT2D eigenvalue weighted by atomic mass is 15.1. The van der Waals surface area contributed by atoms with Crippen molar-refractivity contribution < 1.29 is 0 Å². The van der Waals surface area contributed by atoms with Gasteiger partial charge in [-0.15, -0.1) is 0 Å². The van der Waals surface area contributed by atoms with Gasteiger partial charge >= 0.3 is 0 Å². The van der Waals surface area contributed by atoms with E-state index in [1.54, 1.807) is 0 Å². The van der Waals surface area contributed by atoms with Crippen molar-refractivity contribution in [3.8, 4) is 33.4 Å². The van der Waals surface area contributed by atoms with E-state index in [0.29, 0.717) is 0 Å². The summed E-state index contributed by atoms with van der Waals surface area (Å²) in [6.07, 6.45) is 0. The molecule has 248 valence electrons. The minimum Gasteiger partial charge on any atom is -0.310 e. The number of hydrogen-bond acceptors (Lipinski definition) is 1. The zero-order chi connectivity index (χ0) is 35.1. The van der Waals surface area contributed by atoms with E-state index in [1.807, 2.05) is 0 Å². The summed E-state index contributed by atoms with van der Waals surface area (Å²) in [6, 6.07) is 56.7. The van der Waals surface area contributed by atoms with Gasteiger partial charge in [-0.25, -0.2) is 0 Å². The van der Waals surface area contributed by atoms with Crippen LogP contribution in [0.25, 0.3) is 65.7 Å². The van der Waals surface area contributed by atoms with Gasteiger partial charge in [-0.1, -0.05) is 133 Å². The van der Waals surface area contributed by atoms with Gasteiger partial charge in [0.25, 0.3) is 0 Å². The second-order valence-corrected chi connectivity index (χ2v) is 16.3. The summed E-state index contributed by atoms with van der Waals surface area (Å²) in [5.74, 6) is 0. The predicted molar refractivity (Wildman–Crippen MR) is 221 cm³/mol. The highest BCUT2D eigenvalue weighted by Crippen LogP contribution is 2.51. The van der Waals surface area contributed by atoms with E-state index in [1.165, 1.54) is 82.5 Å². The third-order valence-corrected chi connectivity index (χ3v) is 10.8. The van der Waals surface area contributed by atoms with Gasteiger partial charge in [0.15, 0.2) is 0 Å². The van der Waals surface area contributed by atoms with Crippen LogP contribution in [0.3, 0.4) is 0 Å². The summed E-state index contributed by atoms with van der Waals surface area (Å²) in [4.78, 5) is 2.48. The predicted octanol–water partition coefficient (Wildman–Crippen LogP) is 14.5. The molecule has 0 aliphatic heterocycles. The van der Waals surface area contributed by atoms with Crippen LogP contribution in [0.2, 0.25) is 0 Å². The maximum Gasteiger partial charge on any atom is 0.0505 e. The smallest absolute Gasteiger partial charge is 0.0505 e. The van der Waals surface area contributed by atoms with Crippen LogP contribution in [-0.2, 0) is 10.8 Å². The van der Waals surface area contributed by atoms with E-state index < -0.39 is 0 Å². The zero-order valence-electron chi connectivity index (χ0n) is 30.4. The summed E-state index contributed by atoms with van der Waals surface area (Å²) in [7, 11) is 0. The summed E-state index contributed by atoms with van der Waals surface area (Å²) in [5, 5.41) is 7.66. The lowest BCUT2D eigenvalue weighted by Crippen LogP contribution is -2.20. The van der Waals surface area contributed by atoms with Gasteiger partial charge in [0.1, 0.15) is 0 Å². The van der Waals surface area contributed by atoms with E-state index in [9.17, 15) is 0 Å². The van der Waals surface area contributed by atoms with Gasteiger partial charge in [0.05, 0.1) is 5.69 Å². The molecule has 0 saturated heterocycles. The normalized spacial score (nSPS) is 12.5. The average Bonchev–Trinajstić information content (AvgIpc) is 3.13. The SMILES string of the molecule is CC(C)(C)c1ccc(N(c2ccc3cc4c(cc3c2)-c2cc3cc(-c5ccccc5)ccc3cc2-4)c2ccc3ccccc3c2C(C)(C)C)cc1. The van der Waals surface area contributed by atoms with Crippen molar-refractivity contribution in [1.29, 1.82) is 0 Å². The van der Waals surface area contributed by atoms with Crippen molar-refractivity contribution in [2.45, 2.75) is 52.4 Å². The molecule has 8 aromatic rings. The molecule has 1 heteroatoms. The van der Waals surface area contributed by atoms with Crippen LogP contribution in [0.5, 0.6) is 0 Å². The molecule has 0 saturated carbocycles. The van der Waals surface area contributed by atoms with Crippen molar-refractivity contribution in [3.05, 3.63) is 163 Å². The van der Waals surface area contributed by atoms with Crippen molar-refractivity contribution in [3.63, 3.8) is 0 Å². The fourth-order valence-electron chi connectivity index (χ4n) is 8.13. The third-order valence-electron chi connectivity index (χ3n) is 10.8. The van der Waals surface area contributed by atoms with Crippen LogP contribution < -0.4 is 4.90 Å². The summed E-state index contributed by atoms with van der Waals surface area (Å²) >= 11 is 0. The lowest BCUT2D eigenvalue weighted by molar-refractivity contribution is 0.590. The minimum absolute atomic E-state index is 0.0770. The maximum absolute atomic E-state index is 2.48. The summed E-state index contributed by atoms with van der Waals surface area (Å²) < 4.78 is 0. The highest BCUT2D eigenvalue weighted by molar-refractivity contribution is 6.12. The molecular weight excluding hydrogens is 615 g/mol. The first-order valence-electron chi connectivity index (χ1n) is 18.2. The Morgan fingerprint density at radius 1 is 0.373 bits per heavy atom. The first-order chi connectivity index (χ1) is 24.5. The molecule has 1 aliphatic rings. The van der Waals surface area contributed by atoms with Crippen LogP contribution in [0, 0.1) is 0 Å². The van der Waals surface area contributed by atoms with E-state index in [-0.39, 0.29) is 10.8 Å². The Balaban J connectivity index is 1.19. The van der Waals surface area contributed by atoms with Crippen LogP contribution >= 0.6 is 0 Å². The van der Waals surface area contributed by atoms with Crippen LogP contribution in [-0.4, -0.2) is 0 Å². The van der Waals surface area contributed by atoms with Crippen LogP contribution in [0.1, 0.15) is 52.7 Å². The van der Waals surface area contributed by atoms with Gasteiger partial charge in [-0.2, -0.15) is 0 Å². The minimum atomic E-state index is -0.0770. The lowest BCUT2D eigenvalue weighted by atomic mass is 9.77. The number of nitrogens with zero attached hydrogens (tertiary/aromatic N) is 1. The molecule has 1 aliphatic carbocycles. The van der Waals surface area contributed by atoms with Gasteiger partial charge in [-0.05, 0) is 148 Å². The molecule has 0 amide bonds. The number of benzene rings is 8. The van der Waals surface area contributed by atoms with Crippen molar-refractivity contribution in [2.24, 2.45) is 0 Å². The first kappa shape index (κ1) is 31.3. The first-order valence-corrected chi connectivity index (χ1v) is 18.2. The van der Waals surface area contributed by atoms with Gasteiger partial charge < -0.3 is 4.90 Å². The molecule has 0 aromatic heterocycles. The summed E-state index contributed by atoms with van der Waals surface area (Å²) in [5.41, 5.74) is 14.1. The number of hydrogen-bond donors (Lipinski definition) is 0. The van der Waals surface area contributed by atoms with Gasteiger partial charge in [0.2, 0.25) is 0 Å². The summed E-state index contributed by atoms with van der Waals surface area (Å²) in [6.45, 7) is 13.9. The molecule has 8 aromatic carbocycles. The molecule has 0 bridgehead atoms. The molecule has 0 fully saturated rings. The molecule has 0 atom stereocenters. The maximum atomic E-state index is 2.48. The molecule has 0 spiro atoms. The van der Waals surface area contributed by atoms with Crippen molar-refractivity contribution in [1.82, 2.24) is 0 Å². The fraction of sp³-hybridized carbons (Fsp3) is 0.160. The molecule has 0 radical (unpaired) electrons. The molecule has 1 nitrogen and oxygen atoms in total. The lowest BCUT2D eigenvalue weighted by Gasteiger charge is -2.34. The monoisotopic (exact) mass is 657 g/mol. The fourth-order valence-corrected chi connectivity index (χ4v) is 8.13. The van der Waals surface area contributed by atoms with E-state index in [4.69, 9.17) is 0 Å². The Bertz CT molecular complexity index is 2630. The molecule has 9 rings (SSSR count). The Labute approximate surface area is 301 Å². The van der Waals surface area contributed by atoms with Crippen LogP contribution in [0.15, 0.2) is 152 Å². The van der Waals surface area contributed by atoms with Gasteiger partial charge in [-0.3, -0.25) is 0 Å². The number of rotatable bonds is 4. The topological polar surface area (TPSA) is 3.24 Å². The van der Waals surface area contributed by atoms with Crippen LogP contribution in [0.4, 0.5) is 17.1 Å². The van der Waals surface area contributed by atoms with Gasteiger partial charge in [0, 0.05) is 11.4 Å². The van der Waals surface area contributed by atoms with E-state index in [2.05, 4.69) is 198 Å². The van der Waals surface area contributed by atoms with Crippen molar-refractivity contribution >= 4 is 49.4 Å². The quantitative estimate of drug-likeness (QED) is 0.182. The zero-order valence-corrected chi connectivity index (χ0v) is 30.4. The molecule has 51 heavy (non-hydrogen) atoms. The number of anilines is 3. The second-order valence-electron chi connectivity index (χ2n) is 16.3. The standard InChI is InChI=1S/C50H43N/c1-49(2,3)39-20-23-40(24-21-39)51(47-25-19-33-14-10-11-15-42(33)48(47)50(4,5)6)41-22-18-36-29-44-43-28-35-17-16-34(32-12-8-7-9-13-32)26-37(35)30-45(43)46(44)31-38(36)27-41/h7-31H,1-6H3.